The number of carbonyl (C=O) groups is 2. The van der Waals surface area contributed by atoms with Gasteiger partial charge in [0.25, 0.3) is 0 Å². The second kappa shape index (κ2) is 7.92. The van der Waals surface area contributed by atoms with E-state index in [4.69, 9.17) is 4.74 Å². The van der Waals surface area contributed by atoms with Crippen molar-refractivity contribution in [2.45, 2.75) is 39.5 Å². The van der Waals surface area contributed by atoms with E-state index in [0.29, 0.717) is 18.7 Å². The first kappa shape index (κ1) is 17.2. The number of aromatic nitrogens is 1. The first-order valence-electron chi connectivity index (χ1n) is 8.04. The van der Waals surface area contributed by atoms with E-state index in [-0.39, 0.29) is 31.2 Å². The molecule has 0 spiro atoms. The van der Waals surface area contributed by atoms with Crippen LogP contribution in [0, 0.1) is 0 Å². The molecule has 0 fully saturated rings. The summed E-state index contributed by atoms with van der Waals surface area (Å²) < 4.78 is 4.86. The number of benzene rings is 1. The summed E-state index contributed by atoms with van der Waals surface area (Å²) in [7, 11) is 0. The molecule has 0 bridgehead atoms. The highest BCUT2D eigenvalue weighted by Crippen LogP contribution is 2.27. The standard InChI is InChI=1S/C18H23NO4/c1-3-12-6-5-7-13-14(10-11-20)18(19-17(12)13)15(21)8-9-16(22)23-4-2/h5-7,19-20H,3-4,8-11H2,1-2H3. The Balaban J connectivity index is 2.33. The number of esters is 1. The van der Waals surface area contributed by atoms with Crippen molar-refractivity contribution < 1.29 is 19.4 Å². The zero-order valence-corrected chi connectivity index (χ0v) is 13.6. The van der Waals surface area contributed by atoms with E-state index < -0.39 is 0 Å². The summed E-state index contributed by atoms with van der Waals surface area (Å²) >= 11 is 0. The Morgan fingerprint density at radius 1 is 1.22 bits per heavy atom. The van der Waals surface area contributed by atoms with Crippen molar-refractivity contribution in [3.8, 4) is 0 Å². The first-order chi connectivity index (χ1) is 11.1. The van der Waals surface area contributed by atoms with Crippen molar-refractivity contribution in [3.63, 3.8) is 0 Å². The van der Waals surface area contributed by atoms with Gasteiger partial charge in [-0.2, -0.15) is 0 Å². The van der Waals surface area contributed by atoms with Gasteiger partial charge in [-0.05, 0) is 30.9 Å². The third-order valence-electron chi connectivity index (χ3n) is 3.91. The predicted molar refractivity (Wildman–Crippen MR) is 88.7 cm³/mol. The van der Waals surface area contributed by atoms with Crippen LogP contribution in [0.5, 0.6) is 0 Å². The Morgan fingerprint density at radius 3 is 2.65 bits per heavy atom. The van der Waals surface area contributed by atoms with Crippen molar-refractivity contribution in [1.29, 1.82) is 0 Å². The van der Waals surface area contributed by atoms with Gasteiger partial charge in [-0.1, -0.05) is 25.1 Å². The molecule has 0 aliphatic rings. The summed E-state index contributed by atoms with van der Waals surface area (Å²) in [6.07, 6.45) is 1.44. The van der Waals surface area contributed by atoms with E-state index >= 15 is 0 Å². The van der Waals surface area contributed by atoms with Gasteiger partial charge in [-0.15, -0.1) is 0 Å². The van der Waals surface area contributed by atoms with E-state index in [1.54, 1.807) is 6.92 Å². The van der Waals surface area contributed by atoms with Crippen molar-refractivity contribution in [1.82, 2.24) is 4.98 Å². The van der Waals surface area contributed by atoms with E-state index in [1.807, 2.05) is 18.2 Å². The highest BCUT2D eigenvalue weighted by molar-refractivity contribution is 6.03. The Bertz CT molecular complexity index is 702. The highest BCUT2D eigenvalue weighted by Gasteiger charge is 2.19. The number of Topliss-reactive ketones (excluding diaryl/α,β-unsaturated/α-hetero) is 1. The molecule has 2 rings (SSSR count). The van der Waals surface area contributed by atoms with Gasteiger partial charge in [0.05, 0.1) is 18.7 Å². The number of hydrogen-bond acceptors (Lipinski definition) is 4. The lowest BCUT2D eigenvalue weighted by Gasteiger charge is -2.03. The number of hydrogen-bond donors (Lipinski definition) is 2. The number of aliphatic hydroxyl groups is 1. The number of rotatable bonds is 8. The summed E-state index contributed by atoms with van der Waals surface area (Å²) in [5.74, 6) is -0.491. The lowest BCUT2D eigenvalue weighted by molar-refractivity contribution is -0.143. The van der Waals surface area contributed by atoms with Gasteiger partial charge in [0, 0.05) is 23.9 Å². The monoisotopic (exact) mass is 317 g/mol. The van der Waals surface area contributed by atoms with Crippen LogP contribution in [0.25, 0.3) is 10.9 Å². The Labute approximate surface area is 135 Å². The molecule has 0 amide bonds. The number of ether oxygens (including phenoxy) is 1. The molecule has 0 saturated heterocycles. The third-order valence-corrected chi connectivity index (χ3v) is 3.91. The molecule has 0 unspecified atom stereocenters. The van der Waals surface area contributed by atoms with Gasteiger partial charge in [-0.3, -0.25) is 9.59 Å². The van der Waals surface area contributed by atoms with Crippen molar-refractivity contribution in [2.75, 3.05) is 13.2 Å². The number of nitrogens with one attached hydrogen (secondary N) is 1. The van der Waals surface area contributed by atoms with Crippen LogP contribution in [0.1, 0.15) is 48.3 Å². The lowest BCUT2D eigenvalue weighted by Crippen LogP contribution is -2.10. The summed E-state index contributed by atoms with van der Waals surface area (Å²) in [6.45, 7) is 4.09. The smallest absolute Gasteiger partial charge is 0.306 e. The van der Waals surface area contributed by atoms with E-state index in [0.717, 1.165) is 28.5 Å². The van der Waals surface area contributed by atoms with Gasteiger partial charge in [0.1, 0.15) is 0 Å². The molecule has 1 aromatic carbocycles. The van der Waals surface area contributed by atoms with Crippen LogP contribution in [0.2, 0.25) is 0 Å². The maximum absolute atomic E-state index is 12.5. The third kappa shape index (κ3) is 3.79. The van der Waals surface area contributed by atoms with Crippen LogP contribution >= 0.6 is 0 Å². The largest absolute Gasteiger partial charge is 0.466 e. The molecule has 0 aliphatic heterocycles. The average Bonchev–Trinajstić information content (AvgIpc) is 2.92. The SMILES string of the molecule is CCOC(=O)CCC(=O)c1[nH]c2c(CC)cccc2c1CCO. The number of aromatic amines is 1. The van der Waals surface area contributed by atoms with Crippen LogP contribution in [0.15, 0.2) is 18.2 Å². The van der Waals surface area contributed by atoms with Gasteiger partial charge in [0.2, 0.25) is 0 Å². The van der Waals surface area contributed by atoms with Gasteiger partial charge in [0.15, 0.2) is 5.78 Å². The lowest BCUT2D eigenvalue weighted by atomic mass is 10.0. The molecule has 124 valence electrons. The maximum atomic E-state index is 12.5. The van der Waals surface area contributed by atoms with Crippen LogP contribution in [-0.4, -0.2) is 35.1 Å². The van der Waals surface area contributed by atoms with E-state index in [1.165, 1.54) is 0 Å². The summed E-state index contributed by atoms with van der Waals surface area (Å²) in [5, 5.41) is 10.3. The summed E-state index contributed by atoms with van der Waals surface area (Å²) in [6, 6.07) is 5.94. The molecule has 1 aromatic heterocycles. The van der Waals surface area contributed by atoms with Crippen molar-refractivity contribution in [3.05, 3.63) is 35.0 Å². The van der Waals surface area contributed by atoms with Gasteiger partial charge >= 0.3 is 5.97 Å². The van der Waals surface area contributed by atoms with Gasteiger partial charge in [-0.25, -0.2) is 0 Å². The molecule has 0 aliphatic carbocycles. The number of aryl methyl sites for hydroxylation is 1. The molecule has 0 atom stereocenters. The molecule has 2 aromatic rings. The molecule has 5 heteroatoms. The maximum Gasteiger partial charge on any atom is 0.306 e. The van der Waals surface area contributed by atoms with Crippen LogP contribution in [0.3, 0.4) is 0 Å². The highest BCUT2D eigenvalue weighted by atomic mass is 16.5. The molecular weight excluding hydrogens is 294 g/mol. The number of fused-ring (bicyclic) bond motifs is 1. The van der Waals surface area contributed by atoms with Crippen molar-refractivity contribution in [2.24, 2.45) is 0 Å². The fourth-order valence-corrected chi connectivity index (χ4v) is 2.81. The Kier molecular flexibility index (Phi) is 5.93. The fraction of sp³-hybridized carbons (Fsp3) is 0.444. The molecule has 0 saturated carbocycles. The number of H-pyrrole nitrogens is 1. The minimum absolute atomic E-state index is 0.0263. The van der Waals surface area contributed by atoms with E-state index in [2.05, 4.69) is 11.9 Å². The zero-order valence-electron chi connectivity index (χ0n) is 13.6. The molecule has 5 nitrogen and oxygen atoms in total. The summed E-state index contributed by atoms with van der Waals surface area (Å²) in [5.41, 5.74) is 3.40. The second-order valence-corrected chi connectivity index (χ2v) is 5.37. The quantitative estimate of drug-likeness (QED) is 0.579. The molecular formula is C18H23NO4. The number of aliphatic hydroxyl groups excluding tert-OH is 1. The minimum atomic E-state index is -0.366. The molecule has 23 heavy (non-hydrogen) atoms. The van der Waals surface area contributed by atoms with Crippen molar-refractivity contribution >= 4 is 22.7 Å². The average molecular weight is 317 g/mol. The second-order valence-electron chi connectivity index (χ2n) is 5.37. The minimum Gasteiger partial charge on any atom is -0.466 e. The van der Waals surface area contributed by atoms with Gasteiger partial charge < -0.3 is 14.8 Å². The number of para-hydroxylation sites is 1. The first-order valence-corrected chi connectivity index (χ1v) is 8.04. The molecule has 0 radical (unpaired) electrons. The fourth-order valence-electron chi connectivity index (χ4n) is 2.81. The van der Waals surface area contributed by atoms with Crippen LogP contribution in [0.4, 0.5) is 0 Å². The zero-order chi connectivity index (χ0) is 16.8. The van der Waals surface area contributed by atoms with Crippen LogP contribution < -0.4 is 0 Å². The van der Waals surface area contributed by atoms with Crippen LogP contribution in [-0.2, 0) is 22.4 Å². The Hall–Kier alpha value is -2.14. The number of ketones is 1. The summed E-state index contributed by atoms with van der Waals surface area (Å²) in [4.78, 5) is 27.1. The molecule has 2 N–H and O–H groups in total. The topological polar surface area (TPSA) is 79.4 Å². The van der Waals surface area contributed by atoms with E-state index in [9.17, 15) is 14.7 Å². The Morgan fingerprint density at radius 2 is 2.00 bits per heavy atom. The molecule has 1 heterocycles. The number of carbonyl (C=O) groups excluding carboxylic acids is 2. The predicted octanol–water partition coefficient (Wildman–Crippen LogP) is 2.79. The normalized spacial score (nSPS) is 10.9.